The van der Waals surface area contributed by atoms with E-state index in [0.717, 1.165) is 16.9 Å². The summed E-state index contributed by atoms with van der Waals surface area (Å²) >= 11 is 5.95. The molecule has 0 aliphatic heterocycles. The molecular formula is C19H22ClN3O. The summed E-state index contributed by atoms with van der Waals surface area (Å²) in [4.78, 5) is 16.7. The van der Waals surface area contributed by atoms with Crippen molar-refractivity contribution < 1.29 is 4.79 Å². The van der Waals surface area contributed by atoms with Crippen molar-refractivity contribution in [2.24, 2.45) is 0 Å². The summed E-state index contributed by atoms with van der Waals surface area (Å²) in [5, 5.41) is 7.07. The van der Waals surface area contributed by atoms with Gasteiger partial charge in [-0.1, -0.05) is 30.9 Å². The van der Waals surface area contributed by atoms with Crippen molar-refractivity contribution in [2.75, 3.05) is 10.6 Å². The predicted molar refractivity (Wildman–Crippen MR) is 98.9 cm³/mol. The highest BCUT2D eigenvalue weighted by Crippen LogP contribution is 2.23. The molecule has 0 unspecified atom stereocenters. The van der Waals surface area contributed by atoms with E-state index in [1.54, 1.807) is 18.3 Å². The van der Waals surface area contributed by atoms with Gasteiger partial charge in [0.25, 0.3) is 5.91 Å². The number of nitrogens with one attached hydrogen (secondary N) is 2. The Kier molecular flexibility index (Phi) is 5.36. The van der Waals surface area contributed by atoms with Crippen LogP contribution in [0.15, 0.2) is 36.5 Å². The molecule has 1 fully saturated rings. The van der Waals surface area contributed by atoms with Gasteiger partial charge in [-0.3, -0.25) is 9.78 Å². The second-order valence-corrected chi connectivity index (χ2v) is 6.76. The van der Waals surface area contributed by atoms with Crippen molar-refractivity contribution in [3.63, 3.8) is 0 Å². The first-order chi connectivity index (χ1) is 11.6. The lowest BCUT2D eigenvalue weighted by atomic mass is 9.95. The first-order valence-electron chi connectivity index (χ1n) is 8.42. The van der Waals surface area contributed by atoms with Gasteiger partial charge >= 0.3 is 0 Å². The number of aromatic nitrogens is 1. The average molecular weight is 344 g/mol. The van der Waals surface area contributed by atoms with Crippen LogP contribution in [0.25, 0.3) is 0 Å². The molecule has 1 aromatic heterocycles. The Labute approximate surface area is 147 Å². The number of aryl methyl sites for hydroxylation is 1. The van der Waals surface area contributed by atoms with Crippen LogP contribution in [0.4, 0.5) is 11.4 Å². The summed E-state index contributed by atoms with van der Waals surface area (Å²) < 4.78 is 0. The van der Waals surface area contributed by atoms with Crippen LogP contribution in [0, 0.1) is 6.92 Å². The van der Waals surface area contributed by atoms with Gasteiger partial charge in [0.2, 0.25) is 0 Å². The molecule has 126 valence electrons. The molecule has 0 radical (unpaired) electrons. The zero-order valence-corrected chi connectivity index (χ0v) is 14.6. The second-order valence-electron chi connectivity index (χ2n) is 6.32. The highest BCUT2D eigenvalue weighted by Gasteiger charge is 2.14. The van der Waals surface area contributed by atoms with E-state index in [1.807, 2.05) is 25.1 Å². The Balaban J connectivity index is 1.69. The smallest absolute Gasteiger partial charge is 0.274 e. The highest BCUT2D eigenvalue weighted by atomic mass is 35.5. The summed E-state index contributed by atoms with van der Waals surface area (Å²) in [6, 6.07) is 9.62. The third-order valence-corrected chi connectivity index (χ3v) is 4.64. The van der Waals surface area contributed by atoms with E-state index in [9.17, 15) is 4.79 Å². The molecule has 1 heterocycles. The Morgan fingerprint density at radius 3 is 2.71 bits per heavy atom. The number of rotatable bonds is 4. The monoisotopic (exact) mass is 343 g/mol. The molecule has 1 saturated carbocycles. The Morgan fingerprint density at radius 2 is 1.96 bits per heavy atom. The van der Waals surface area contributed by atoms with Crippen LogP contribution in [-0.2, 0) is 0 Å². The van der Waals surface area contributed by atoms with E-state index in [-0.39, 0.29) is 5.91 Å². The Bertz CT molecular complexity index is 726. The number of hydrogen-bond donors (Lipinski definition) is 2. The molecule has 0 spiro atoms. The minimum Gasteiger partial charge on any atom is -0.382 e. The van der Waals surface area contributed by atoms with E-state index in [0.29, 0.717) is 16.8 Å². The normalized spacial score (nSPS) is 15.1. The van der Waals surface area contributed by atoms with Crippen LogP contribution >= 0.6 is 11.6 Å². The second kappa shape index (κ2) is 7.67. The number of hydrogen-bond acceptors (Lipinski definition) is 3. The first kappa shape index (κ1) is 16.8. The predicted octanol–water partition coefficient (Wildman–Crippen LogP) is 5.04. The lowest BCUT2D eigenvalue weighted by Gasteiger charge is -2.23. The number of pyridine rings is 1. The lowest BCUT2D eigenvalue weighted by Crippen LogP contribution is -2.22. The standard InChI is InChI=1S/C19H22ClN3O/c1-13-11-14(20)7-8-17(13)23-19(24)18-12-16(9-10-21-18)22-15-5-3-2-4-6-15/h7-12,15H,2-6H2,1H3,(H,21,22)(H,23,24). The van der Waals surface area contributed by atoms with Gasteiger partial charge in [0.05, 0.1) is 0 Å². The maximum absolute atomic E-state index is 12.5. The van der Waals surface area contributed by atoms with E-state index in [4.69, 9.17) is 11.6 Å². The number of anilines is 2. The SMILES string of the molecule is Cc1cc(Cl)ccc1NC(=O)c1cc(NC2CCCCC2)ccn1. The molecule has 0 atom stereocenters. The Hall–Kier alpha value is -2.07. The number of halogens is 1. The molecule has 1 amide bonds. The fraction of sp³-hybridized carbons (Fsp3) is 0.368. The van der Waals surface area contributed by atoms with Crippen LogP contribution in [0.2, 0.25) is 5.02 Å². The topological polar surface area (TPSA) is 54.0 Å². The van der Waals surface area contributed by atoms with Gasteiger partial charge in [-0.15, -0.1) is 0 Å². The molecule has 0 bridgehead atoms. The molecule has 2 aromatic rings. The maximum Gasteiger partial charge on any atom is 0.274 e. The third-order valence-electron chi connectivity index (χ3n) is 4.41. The van der Waals surface area contributed by atoms with Crippen molar-refractivity contribution in [2.45, 2.75) is 45.1 Å². The fourth-order valence-corrected chi connectivity index (χ4v) is 3.31. The summed E-state index contributed by atoms with van der Waals surface area (Å²) in [7, 11) is 0. The van der Waals surface area contributed by atoms with Crippen molar-refractivity contribution in [1.29, 1.82) is 0 Å². The van der Waals surface area contributed by atoms with Gasteiger partial charge in [-0.05, 0) is 55.7 Å². The molecule has 1 aliphatic carbocycles. The van der Waals surface area contributed by atoms with Crippen LogP contribution in [0.5, 0.6) is 0 Å². The molecular weight excluding hydrogens is 322 g/mol. The Morgan fingerprint density at radius 1 is 1.17 bits per heavy atom. The molecule has 1 aliphatic rings. The first-order valence-corrected chi connectivity index (χ1v) is 8.80. The van der Waals surface area contributed by atoms with Crippen LogP contribution in [0.3, 0.4) is 0 Å². The number of benzene rings is 1. The summed E-state index contributed by atoms with van der Waals surface area (Å²) in [5.74, 6) is -0.215. The van der Waals surface area contributed by atoms with Crippen LogP contribution < -0.4 is 10.6 Å². The highest BCUT2D eigenvalue weighted by molar-refractivity contribution is 6.30. The molecule has 24 heavy (non-hydrogen) atoms. The van der Waals surface area contributed by atoms with Gasteiger partial charge in [0.15, 0.2) is 0 Å². The summed E-state index contributed by atoms with van der Waals surface area (Å²) in [5.41, 5.74) is 3.03. The van der Waals surface area contributed by atoms with Gasteiger partial charge in [0, 0.05) is 28.6 Å². The number of carbonyl (C=O) groups excluding carboxylic acids is 1. The average Bonchev–Trinajstić information content (AvgIpc) is 2.58. The van der Waals surface area contributed by atoms with E-state index < -0.39 is 0 Å². The summed E-state index contributed by atoms with van der Waals surface area (Å²) in [6.45, 7) is 1.91. The molecule has 3 rings (SSSR count). The van der Waals surface area contributed by atoms with Gasteiger partial charge < -0.3 is 10.6 Å². The van der Waals surface area contributed by atoms with E-state index >= 15 is 0 Å². The van der Waals surface area contributed by atoms with Gasteiger partial charge in [-0.25, -0.2) is 0 Å². The zero-order valence-electron chi connectivity index (χ0n) is 13.8. The maximum atomic E-state index is 12.5. The van der Waals surface area contributed by atoms with Crippen molar-refractivity contribution in [3.8, 4) is 0 Å². The van der Waals surface area contributed by atoms with Crippen molar-refractivity contribution in [3.05, 3.63) is 52.8 Å². The third kappa shape index (κ3) is 4.26. The largest absolute Gasteiger partial charge is 0.382 e. The zero-order chi connectivity index (χ0) is 16.9. The minimum atomic E-state index is -0.215. The summed E-state index contributed by atoms with van der Waals surface area (Å²) in [6.07, 6.45) is 7.91. The van der Waals surface area contributed by atoms with Gasteiger partial charge in [-0.2, -0.15) is 0 Å². The lowest BCUT2D eigenvalue weighted by molar-refractivity contribution is 0.102. The minimum absolute atomic E-state index is 0.215. The quantitative estimate of drug-likeness (QED) is 0.817. The number of amides is 1. The molecule has 2 N–H and O–H groups in total. The van der Waals surface area contributed by atoms with Crippen LogP contribution in [-0.4, -0.2) is 16.9 Å². The van der Waals surface area contributed by atoms with E-state index in [2.05, 4.69) is 15.6 Å². The molecule has 0 saturated heterocycles. The number of nitrogens with zero attached hydrogens (tertiary/aromatic N) is 1. The molecule has 5 heteroatoms. The van der Waals surface area contributed by atoms with Crippen molar-refractivity contribution in [1.82, 2.24) is 4.98 Å². The van der Waals surface area contributed by atoms with Crippen LogP contribution in [0.1, 0.15) is 48.2 Å². The number of carbonyl (C=O) groups is 1. The molecule has 4 nitrogen and oxygen atoms in total. The van der Waals surface area contributed by atoms with Crippen molar-refractivity contribution >= 4 is 28.9 Å². The fourth-order valence-electron chi connectivity index (χ4n) is 3.08. The van der Waals surface area contributed by atoms with Gasteiger partial charge in [0.1, 0.15) is 5.69 Å². The molecule has 1 aromatic carbocycles. The van der Waals surface area contributed by atoms with E-state index in [1.165, 1.54) is 32.1 Å².